The van der Waals surface area contributed by atoms with Gasteiger partial charge < -0.3 is 34.1 Å². The fourth-order valence-electron chi connectivity index (χ4n) is 0. The molecule has 0 unspecified atom stereocenters. The maximum Gasteiger partial charge on any atom is 2.00 e. The number of rotatable bonds is 0. The predicted molar refractivity (Wildman–Crippen MR) is 23.0 cm³/mol. The van der Waals surface area contributed by atoms with Gasteiger partial charge in [0.2, 0.25) is 0 Å². The largest absolute Gasteiger partial charge is 2.00 e. The normalized spacial score (nSPS) is 0. The summed E-state index contributed by atoms with van der Waals surface area (Å²) in [5.74, 6) is 0. The van der Waals surface area contributed by atoms with Crippen molar-refractivity contribution in [1.82, 2.24) is 0 Å². The average molecular weight is 207 g/mol. The second kappa shape index (κ2) is 17.6. The molecule has 4 heteroatoms. The van der Waals surface area contributed by atoms with Crippen LogP contribution < -0.4 is 0 Å². The summed E-state index contributed by atoms with van der Waals surface area (Å²) in [5.41, 5.74) is 0. The Morgan fingerprint density at radius 3 is 0.500 bits per heavy atom. The first-order valence-electron chi connectivity index (χ1n) is 0. The summed E-state index contributed by atoms with van der Waals surface area (Å²) in [5, 5.41) is 0. The fraction of sp³-hybridized carbons (Fsp3) is 0. The van der Waals surface area contributed by atoms with E-state index in [-0.39, 0.29) is 80.2 Å². The molecule has 0 amide bonds. The van der Waals surface area contributed by atoms with Crippen LogP contribution >= 0.6 is 0 Å². The number of hydrogen-bond donors (Lipinski definition) is 0. The second-order valence-corrected chi connectivity index (χ2v) is 0. The van der Waals surface area contributed by atoms with Gasteiger partial charge in [0.15, 0.2) is 0 Å². The summed E-state index contributed by atoms with van der Waals surface area (Å²) in [6.45, 7) is 0. The molecule has 0 aromatic rings. The molecular formula is Mg2Se2. The van der Waals surface area contributed by atoms with Crippen molar-refractivity contribution in [3.05, 3.63) is 0 Å². The van der Waals surface area contributed by atoms with Crippen LogP contribution in [0.1, 0.15) is 0 Å². The molecule has 0 heterocycles. The molecule has 0 bridgehead atoms. The third-order valence-corrected chi connectivity index (χ3v) is 0. The van der Waals surface area contributed by atoms with Crippen LogP contribution in [0, 0.1) is 0 Å². The predicted octanol–water partition coefficient (Wildman–Crippen LogP) is -1.52. The molecule has 0 atom stereocenters. The van der Waals surface area contributed by atoms with Gasteiger partial charge in [-0.15, -0.1) is 0 Å². The van der Waals surface area contributed by atoms with Gasteiger partial charge in [-0.05, 0) is 0 Å². The van der Waals surface area contributed by atoms with Crippen molar-refractivity contribution in [2.75, 3.05) is 0 Å². The van der Waals surface area contributed by atoms with Crippen molar-refractivity contribution < 1.29 is 0 Å². The van der Waals surface area contributed by atoms with E-state index in [4.69, 9.17) is 0 Å². The third kappa shape index (κ3) is 8.82. The second-order valence-electron chi connectivity index (χ2n) is 0. The van der Waals surface area contributed by atoms with Gasteiger partial charge in [0.05, 0.1) is 0 Å². The molecule has 0 N–H and O–H groups in total. The summed E-state index contributed by atoms with van der Waals surface area (Å²) in [6, 6.07) is 0. The van der Waals surface area contributed by atoms with Gasteiger partial charge in [-0.1, -0.05) is 0 Å². The van der Waals surface area contributed by atoms with Gasteiger partial charge in [-0.25, -0.2) is 0 Å². The van der Waals surface area contributed by atoms with E-state index >= 15 is 0 Å². The first-order chi connectivity index (χ1) is 0. The van der Waals surface area contributed by atoms with Crippen molar-refractivity contribution in [2.45, 2.75) is 0 Å². The van der Waals surface area contributed by atoms with Gasteiger partial charge in [0.25, 0.3) is 0 Å². The summed E-state index contributed by atoms with van der Waals surface area (Å²) in [7, 11) is 0. The van der Waals surface area contributed by atoms with Gasteiger partial charge in [-0.3, -0.25) is 0 Å². The van der Waals surface area contributed by atoms with E-state index in [9.17, 15) is 0 Å². The summed E-state index contributed by atoms with van der Waals surface area (Å²) >= 11 is 0. The quantitative estimate of drug-likeness (QED) is 0.422. The van der Waals surface area contributed by atoms with Crippen LogP contribution in [0.2, 0.25) is 0 Å². The van der Waals surface area contributed by atoms with Gasteiger partial charge in [0, 0.05) is 0 Å². The maximum atomic E-state index is 0. The molecule has 0 aromatic carbocycles. The summed E-state index contributed by atoms with van der Waals surface area (Å²) in [4.78, 5) is 0. The molecule has 4 heavy (non-hydrogen) atoms. The smallest absolute Gasteiger partial charge is 2.00 e. The van der Waals surface area contributed by atoms with Crippen LogP contribution in [-0.2, 0) is 0 Å². The summed E-state index contributed by atoms with van der Waals surface area (Å²) < 4.78 is 0. The Morgan fingerprint density at radius 1 is 0.500 bits per heavy atom. The van der Waals surface area contributed by atoms with E-state index in [1.54, 1.807) is 0 Å². The zero-order chi connectivity index (χ0) is 0. The van der Waals surface area contributed by atoms with Crippen LogP contribution in [0.4, 0.5) is 0 Å². The molecule has 0 saturated heterocycles. The van der Waals surface area contributed by atoms with Crippen LogP contribution in [0.3, 0.4) is 0 Å². The first-order valence-corrected chi connectivity index (χ1v) is 0. The van der Waals surface area contributed by atoms with Gasteiger partial charge in [-0.2, -0.15) is 0 Å². The average Bonchev–Trinajstić information content (AvgIpc) is 0. The van der Waals surface area contributed by atoms with E-state index in [0.717, 1.165) is 0 Å². The first kappa shape index (κ1) is 30.8. The van der Waals surface area contributed by atoms with E-state index in [1.165, 1.54) is 0 Å². The molecule has 0 aliphatic heterocycles. The molecule has 0 spiro atoms. The minimum Gasteiger partial charge on any atom is -2.00 e. The molecule has 0 aliphatic carbocycles. The Morgan fingerprint density at radius 2 is 0.500 bits per heavy atom. The Balaban J connectivity index is 0. The van der Waals surface area contributed by atoms with Crippen molar-refractivity contribution >= 4 is 80.2 Å². The van der Waals surface area contributed by atoms with E-state index in [2.05, 4.69) is 0 Å². The van der Waals surface area contributed by atoms with Gasteiger partial charge in [0.1, 0.15) is 0 Å². The molecule has 0 radical (unpaired) electrons. The number of hydrogen-bond acceptors (Lipinski definition) is 0. The minimum atomic E-state index is 0. The Kier molecular flexibility index (Phi) is 136. The molecule has 0 aliphatic rings. The van der Waals surface area contributed by atoms with Crippen LogP contribution in [0.25, 0.3) is 0 Å². The molecule has 0 rings (SSSR count). The molecule has 16 valence electrons. The van der Waals surface area contributed by atoms with Crippen molar-refractivity contribution in [1.29, 1.82) is 0 Å². The topological polar surface area (TPSA) is 0 Å². The van der Waals surface area contributed by atoms with Crippen molar-refractivity contribution in [3.8, 4) is 0 Å². The monoisotopic (exact) mass is 208 g/mol. The molecule has 0 fully saturated rings. The van der Waals surface area contributed by atoms with E-state index < -0.39 is 0 Å². The van der Waals surface area contributed by atoms with Crippen LogP contribution in [0.15, 0.2) is 0 Å². The Hall–Kier alpha value is 2.57. The van der Waals surface area contributed by atoms with E-state index in [0.29, 0.717) is 0 Å². The Bertz CT molecular complexity index is 4.00. The van der Waals surface area contributed by atoms with Gasteiger partial charge >= 0.3 is 46.1 Å². The SMILES string of the molecule is [Mg+2].[Mg+2].[Se-2].[Se-2]. The third-order valence-electron chi connectivity index (χ3n) is 0. The summed E-state index contributed by atoms with van der Waals surface area (Å²) in [6.07, 6.45) is 0. The molecule has 0 aromatic heterocycles. The standard InChI is InChI=1S/2Mg.2Se/q2*+2;2*-2. The minimum absolute atomic E-state index is 0. The zero-order valence-corrected chi connectivity index (χ0v) is 8.49. The van der Waals surface area contributed by atoms with Crippen molar-refractivity contribution in [3.63, 3.8) is 0 Å². The fourth-order valence-corrected chi connectivity index (χ4v) is 0. The van der Waals surface area contributed by atoms with Crippen LogP contribution in [-0.4, -0.2) is 80.2 Å². The van der Waals surface area contributed by atoms with Crippen molar-refractivity contribution in [2.24, 2.45) is 0 Å². The molecular weight excluding hydrogens is 207 g/mol. The van der Waals surface area contributed by atoms with E-state index in [1.807, 2.05) is 0 Å². The molecule has 0 saturated carbocycles. The zero-order valence-electron chi connectivity index (χ0n) is 2.23. The molecule has 0 nitrogen and oxygen atoms in total. The maximum absolute atomic E-state index is 0. The van der Waals surface area contributed by atoms with Crippen LogP contribution in [0.5, 0.6) is 0 Å². The Labute approximate surface area is 79.1 Å².